The van der Waals surface area contributed by atoms with Crippen LogP contribution < -0.4 is 0 Å². The van der Waals surface area contributed by atoms with Gasteiger partial charge in [-0.3, -0.25) is 4.90 Å². The van der Waals surface area contributed by atoms with Crippen molar-refractivity contribution in [1.29, 1.82) is 0 Å². The van der Waals surface area contributed by atoms with Crippen LogP contribution in [-0.4, -0.2) is 18.0 Å². The van der Waals surface area contributed by atoms with Crippen molar-refractivity contribution in [2.75, 3.05) is 13.1 Å². The second kappa shape index (κ2) is 5.16. The van der Waals surface area contributed by atoms with Crippen molar-refractivity contribution < 1.29 is 0 Å². The summed E-state index contributed by atoms with van der Waals surface area (Å²) in [6, 6.07) is 9.38. The zero-order valence-corrected chi connectivity index (χ0v) is 9.75. The van der Waals surface area contributed by atoms with Crippen molar-refractivity contribution >= 4 is 0 Å². The quantitative estimate of drug-likeness (QED) is 0.705. The molecule has 1 atom stereocenters. The second-order valence-electron chi connectivity index (χ2n) is 3.81. The number of benzene rings is 1. The molecule has 0 unspecified atom stereocenters. The van der Waals surface area contributed by atoms with Crippen LogP contribution in [0, 0.1) is 6.92 Å². The predicted molar refractivity (Wildman–Crippen MR) is 62.5 cm³/mol. The van der Waals surface area contributed by atoms with Gasteiger partial charge in [-0.15, -0.1) is 0 Å². The normalized spacial score (nSPS) is 13.2. The van der Waals surface area contributed by atoms with Gasteiger partial charge in [0.25, 0.3) is 0 Å². The summed E-state index contributed by atoms with van der Waals surface area (Å²) in [5, 5.41) is 0. The molecule has 0 aromatic heterocycles. The molecule has 0 N–H and O–H groups in total. The molecule has 0 heterocycles. The Morgan fingerprint density at radius 3 is 2.00 bits per heavy atom. The smallest absolute Gasteiger partial charge is 0.0319 e. The number of rotatable bonds is 4. The Kier molecular flexibility index (Phi) is 4.15. The monoisotopic (exact) mass is 191 g/mol. The van der Waals surface area contributed by atoms with Crippen LogP contribution in [0.25, 0.3) is 0 Å². The van der Waals surface area contributed by atoms with Gasteiger partial charge in [0.05, 0.1) is 0 Å². The molecule has 1 aromatic carbocycles. The van der Waals surface area contributed by atoms with Gasteiger partial charge >= 0.3 is 0 Å². The summed E-state index contributed by atoms with van der Waals surface area (Å²) in [7, 11) is 0. The predicted octanol–water partition coefficient (Wildman–Crippen LogP) is 3.40. The summed E-state index contributed by atoms with van der Waals surface area (Å²) in [5.74, 6) is 0. The van der Waals surface area contributed by atoms with E-state index in [0.29, 0.717) is 6.04 Å². The van der Waals surface area contributed by atoms with Crippen molar-refractivity contribution in [2.45, 2.75) is 33.7 Å². The first-order valence-corrected chi connectivity index (χ1v) is 5.49. The number of hydrogen-bond donors (Lipinski definition) is 0. The van der Waals surface area contributed by atoms with Gasteiger partial charge in [0.15, 0.2) is 0 Å². The number of aryl methyl sites for hydroxylation is 1. The third-order valence-electron chi connectivity index (χ3n) is 2.92. The second-order valence-corrected chi connectivity index (χ2v) is 3.81. The van der Waals surface area contributed by atoms with Gasteiger partial charge < -0.3 is 0 Å². The topological polar surface area (TPSA) is 3.24 Å². The van der Waals surface area contributed by atoms with Gasteiger partial charge in [-0.05, 0) is 32.5 Å². The van der Waals surface area contributed by atoms with E-state index in [9.17, 15) is 0 Å². The zero-order chi connectivity index (χ0) is 10.6. The van der Waals surface area contributed by atoms with Gasteiger partial charge in [0, 0.05) is 6.04 Å². The van der Waals surface area contributed by atoms with E-state index in [4.69, 9.17) is 0 Å². The van der Waals surface area contributed by atoms with Crippen LogP contribution in [0.15, 0.2) is 24.3 Å². The molecule has 78 valence electrons. The lowest BCUT2D eigenvalue weighted by atomic mass is 10.1. The van der Waals surface area contributed by atoms with E-state index in [0.717, 1.165) is 13.1 Å². The van der Waals surface area contributed by atoms with E-state index in [-0.39, 0.29) is 0 Å². The maximum Gasteiger partial charge on any atom is 0.0319 e. The van der Waals surface area contributed by atoms with Crippen molar-refractivity contribution in [3.63, 3.8) is 0 Å². The molecule has 0 bridgehead atoms. The van der Waals surface area contributed by atoms with Crippen LogP contribution in [-0.2, 0) is 0 Å². The fourth-order valence-electron chi connectivity index (χ4n) is 1.83. The molecule has 0 radical (unpaired) electrons. The summed E-state index contributed by atoms with van der Waals surface area (Å²) in [6.45, 7) is 11.1. The molecule has 0 saturated heterocycles. The molecule has 1 heteroatoms. The molecule has 0 aliphatic carbocycles. The molecular weight excluding hydrogens is 170 g/mol. The Bertz CT molecular complexity index is 259. The Morgan fingerprint density at radius 2 is 1.57 bits per heavy atom. The van der Waals surface area contributed by atoms with E-state index >= 15 is 0 Å². The molecular formula is C13H21N. The molecule has 0 spiro atoms. The van der Waals surface area contributed by atoms with Gasteiger partial charge in [-0.2, -0.15) is 0 Å². The lowest BCUT2D eigenvalue weighted by Gasteiger charge is -2.26. The highest BCUT2D eigenvalue weighted by molar-refractivity contribution is 5.23. The largest absolute Gasteiger partial charge is 0.297 e. The SMILES string of the molecule is CCN(CC)[C@H](C)c1ccc(C)cc1. The van der Waals surface area contributed by atoms with Crippen LogP contribution >= 0.6 is 0 Å². The van der Waals surface area contributed by atoms with E-state index < -0.39 is 0 Å². The summed E-state index contributed by atoms with van der Waals surface area (Å²) in [4.78, 5) is 2.46. The minimum atomic E-state index is 0.533. The molecule has 0 saturated carbocycles. The van der Waals surface area contributed by atoms with E-state index in [1.165, 1.54) is 11.1 Å². The maximum atomic E-state index is 2.46. The summed E-state index contributed by atoms with van der Waals surface area (Å²) in [6.07, 6.45) is 0. The molecule has 0 aliphatic rings. The molecule has 1 nitrogen and oxygen atoms in total. The minimum Gasteiger partial charge on any atom is -0.297 e. The lowest BCUT2D eigenvalue weighted by molar-refractivity contribution is 0.234. The lowest BCUT2D eigenvalue weighted by Crippen LogP contribution is -2.26. The molecule has 1 rings (SSSR count). The van der Waals surface area contributed by atoms with Crippen LogP contribution in [0.5, 0.6) is 0 Å². The molecule has 0 fully saturated rings. The Morgan fingerprint density at radius 1 is 1.07 bits per heavy atom. The van der Waals surface area contributed by atoms with Crippen molar-refractivity contribution in [3.8, 4) is 0 Å². The van der Waals surface area contributed by atoms with Crippen LogP contribution in [0.2, 0.25) is 0 Å². The summed E-state index contributed by atoms with van der Waals surface area (Å²) < 4.78 is 0. The molecule has 14 heavy (non-hydrogen) atoms. The summed E-state index contributed by atoms with van der Waals surface area (Å²) in [5.41, 5.74) is 2.75. The molecule has 1 aromatic rings. The van der Waals surface area contributed by atoms with E-state index in [1.54, 1.807) is 0 Å². The highest BCUT2D eigenvalue weighted by Crippen LogP contribution is 2.19. The number of nitrogens with zero attached hydrogens (tertiary/aromatic N) is 1. The fourth-order valence-corrected chi connectivity index (χ4v) is 1.83. The third-order valence-corrected chi connectivity index (χ3v) is 2.92. The number of hydrogen-bond acceptors (Lipinski definition) is 1. The summed E-state index contributed by atoms with van der Waals surface area (Å²) >= 11 is 0. The van der Waals surface area contributed by atoms with E-state index in [2.05, 4.69) is 56.9 Å². The first kappa shape index (κ1) is 11.3. The maximum absolute atomic E-state index is 2.46. The van der Waals surface area contributed by atoms with Gasteiger partial charge in [0.1, 0.15) is 0 Å². The van der Waals surface area contributed by atoms with Gasteiger partial charge in [-0.1, -0.05) is 43.7 Å². The fraction of sp³-hybridized carbons (Fsp3) is 0.538. The third kappa shape index (κ3) is 2.58. The van der Waals surface area contributed by atoms with Crippen LogP contribution in [0.3, 0.4) is 0 Å². The molecule has 0 aliphatic heterocycles. The Labute approximate surface area is 87.7 Å². The first-order chi connectivity index (χ1) is 6.69. The van der Waals surface area contributed by atoms with Crippen molar-refractivity contribution in [3.05, 3.63) is 35.4 Å². The Balaban J connectivity index is 2.77. The average Bonchev–Trinajstić information content (AvgIpc) is 2.20. The minimum absolute atomic E-state index is 0.533. The zero-order valence-electron chi connectivity index (χ0n) is 9.75. The van der Waals surface area contributed by atoms with Crippen LogP contribution in [0.4, 0.5) is 0 Å². The molecule has 0 amide bonds. The van der Waals surface area contributed by atoms with Gasteiger partial charge in [-0.25, -0.2) is 0 Å². The average molecular weight is 191 g/mol. The standard InChI is InChI=1S/C13H21N/c1-5-14(6-2)12(4)13-9-7-11(3)8-10-13/h7-10,12H,5-6H2,1-4H3/t12-/m1/s1. The highest BCUT2D eigenvalue weighted by atomic mass is 15.1. The van der Waals surface area contributed by atoms with Crippen molar-refractivity contribution in [1.82, 2.24) is 4.90 Å². The van der Waals surface area contributed by atoms with Crippen LogP contribution in [0.1, 0.15) is 37.9 Å². The highest BCUT2D eigenvalue weighted by Gasteiger charge is 2.11. The van der Waals surface area contributed by atoms with E-state index in [1.807, 2.05) is 0 Å². The Hall–Kier alpha value is -0.820. The van der Waals surface area contributed by atoms with Crippen molar-refractivity contribution in [2.24, 2.45) is 0 Å². The first-order valence-electron chi connectivity index (χ1n) is 5.49. The van der Waals surface area contributed by atoms with Gasteiger partial charge in [0.2, 0.25) is 0 Å².